The van der Waals surface area contributed by atoms with Crippen LogP contribution in [0.5, 0.6) is 0 Å². The van der Waals surface area contributed by atoms with Gasteiger partial charge >= 0.3 is 25.7 Å². The number of hydrogen-bond acceptors (Lipinski definition) is 10. The number of carbonyl (C=O) groups excluding carboxylic acids is 2. The molecule has 0 aliphatic carbocycles. The monoisotopic (exact) mass is 785 g/mol. The second kappa shape index (κ2) is 32.9. The fraction of sp³-hybridized carbons (Fsp3) is 0.780. The highest BCUT2D eigenvalue weighted by Crippen LogP contribution is 2.43. The molecule has 0 amide bonds. The summed E-state index contributed by atoms with van der Waals surface area (Å²) in [5.41, 5.74) is 5.32. The maximum absolute atomic E-state index is 12.6. The Hall–Kier alpha value is -2.34. The molecular weight excluding hydrogens is 713 g/mol. The molecule has 1 saturated heterocycles. The number of allylic oxidation sites excluding steroid dienone is 5. The Morgan fingerprint density at radius 2 is 1.22 bits per heavy atom. The molecule has 1 rings (SSSR count). The Labute approximate surface area is 325 Å². The standard InChI is InChI=1S/C41H72NO11P/c1-3-5-7-8-9-10-11-12-16-19-22-26-30-39(43)49-32-35(33-50-54(47,48)51-34-36(42)41(45)46)52-40(44)31-27-23-20-17-14-13-15-18-21-25-29-38-37(53-38)28-24-6-4-2/h13,15,17,20-21,25,35-38H,3-12,14,16,18-19,22-24,26-34,42H2,1-2H3,(H,45,46)(H,47,48)/b15-13-,20-17-,25-21-/t35-,36+,37?,38?/m1/s1. The van der Waals surface area contributed by atoms with Crippen LogP contribution in [-0.2, 0) is 42.2 Å². The highest BCUT2D eigenvalue weighted by atomic mass is 31.2. The molecule has 1 aliphatic heterocycles. The molecule has 0 spiro atoms. The van der Waals surface area contributed by atoms with E-state index < -0.39 is 51.1 Å². The van der Waals surface area contributed by atoms with Gasteiger partial charge in [-0.15, -0.1) is 0 Å². The SMILES string of the molecule is CCCCCCCCCCCCCCC(=O)OC[C@H](COP(=O)(O)OC[C@H](N)C(=O)O)OC(=O)CCC/C=C\C/C=C\C/C=C\CC1OC1CCCCC. The van der Waals surface area contributed by atoms with E-state index in [1.54, 1.807) is 0 Å². The normalized spacial score (nSPS) is 17.9. The van der Waals surface area contributed by atoms with Crippen LogP contribution in [0.15, 0.2) is 36.5 Å². The Morgan fingerprint density at radius 1 is 0.685 bits per heavy atom. The van der Waals surface area contributed by atoms with Crippen LogP contribution in [0.2, 0.25) is 0 Å². The predicted octanol–water partition coefficient (Wildman–Crippen LogP) is 9.44. The lowest BCUT2D eigenvalue weighted by Crippen LogP contribution is -2.34. The summed E-state index contributed by atoms with van der Waals surface area (Å²) in [7, 11) is -4.73. The van der Waals surface area contributed by atoms with E-state index in [1.807, 2.05) is 12.2 Å². The number of ether oxygens (including phenoxy) is 3. The smallest absolute Gasteiger partial charge is 0.472 e. The fourth-order valence-electron chi connectivity index (χ4n) is 5.68. The Bertz CT molecular complexity index is 1130. The highest BCUT2D eigenvalue weighted by Gasteiger charge is 2.36. The van der Waals surface area contributed by atoms with E-state index in [2.05, 4.69) is 42.7 Å². The van der Waals surface area contributed by atoms with Crippen molar-refractivity contribution < 1.29 is 52.2 Å². The highest BCUT2D eigenvalue weighted by molar-refractivity contribution is 7.47. The average molecular weight is 786 g/mol. The molecule has 4 N–H and O–H groups in total. The van der Waals surface area contributed by atoms with Crippen molar-refractivity contribution in [1.29, 1.82) is 0 Å². The molecule has 0 saturated carbocycles. The number of nitrogens with two attached hydrogens (primary N) is 1. The van der Waals surface area contributed by atoms with Gasteiger partial charge in [-0.05, 0) is 44.9 Å². The van der Waals surface area contributed by atoms with Gasteiger partial charge in [0.25, 0.3) is 0 Å². The molecule has 1 heterocycles. The van der Waals surface area contributed by atoms with Crippen LogP contribution in [0, 0.1) is 0 Å². The largest absolute Gasteiger partial charge is 0.480 e. The molecule has 0 aromatic heterocycles. The van der Waals surface area contributed by atoms with Gasteiger partial charge in [0.05, 0.1) is 25.4 Å². The maximum atomic E-state index is 12.6. The molecular formula is C41H72NO11P. The third-order valence-electron chi connectivity index (χ3n) is 9.07. The first-order valence-corrected chi connectivity index (χ1v) is 22.1. The van der Waals surface area contributed by atoms with E-state index in [-0.39, 0.29) is 19.4 Å². The minimum atomic E-state index is -4.73. The van der Waals surface area contributed by atoms with Crippen LogP contribution in [0.1, 0.15) is 162 Å². The molecule has 0 aromatic rings. The van der Waals surface area contributed by atoms with Crippen LogP contribution in [0.3, 0.4) is 0 Å². The number of phosphoric acid groups is 1. The molecule has 13 heteroatoms. The number of rotatable bonds is 37. The number of carboxylic acid groups (broad SMARTS) is 1. The first-order chi connectivity index (χ1) is 26.1. The van der Waals surface area contributed by atoms with Crippen molar-refractivity contribution in [2.45, 2.75) is 186 Å². The zero-order chi connectivity index (χ0) is 39.7. The summed E-state index contributed by atoms with van der Waals surface area (Å²) in [6, 6.07) is -1.53. The lowest BCUT2D eigenvalue weighted by atomic mass is 10.0. The lowest BCUT2D eigenvalue weighted by molar-refractivity contribution is -0.161. The van der Waals surface area contributed by atoms with Crippen molar-refractivity contribution >= 4 is 25.7 Å². The minimum absolute atomic E-state index is 0.0825. The van der Waals surface area contributed by atoms with Gasteiger partial charge in [0.2, 0.25) is 0 Å². The topological polar surface area (TPSA) is 184 Å². The van der Waals surface area contributed by atoms with Crippen molar-refractivity contribution in [2.75, 3.05) is 19.8 Å². The number of carbonyl (C=O) groups is 3. The number of epoxide rings is 1. The fourth-order valence-corrected chi connectivity index (χ4v) is 6.46. The van der Waals surface area contributed by atoms with Crippen LogP contribution < -0.4 is 5.73 Å². The minimum Gasteiger partial charge on any atom is -0.480 e. The number of unbranched alkanes of at least 4 members (excludes halogenated alkanes) is 14. The summed E-state index contributed by atoms with van der Waals surface area (Å²) < 4.78 is 38.3. The summed E-state index contributed by atoms with van der Waals surface area (Å²) in [6.07, 6.45) is 35.4. The summed E-state index contributed by atoms with van der Waals surface area (Å²) in [4.78, 5) is 45.8. The summed E-state index contributed by atoms with van der Waals surface area (Å²) in [5, 5.41) is 8.87. The van der Waals surface area contributed by atoms with Gasteiger partial charge in [-0.1, -0.05) is 140 Å². The molecule has 1 fully saturated rings. The zero-order valence-corrected chi connectivity index (χ0v) is 34.1. The molecule has 312 valence electrons. The van der Waals surface area contributed by atoms with Gasteiger partial charge in [-0.3, -0.25) is 23.4 Å². The second-order valence-electron chi connectivity index (χ2n) is 14.2. The van der Waals surface area contributed by atoms with Crippen molar-refractivity contribution in [1.82, 2.24) is 0 Å². The number of phosphoric ester groups is 1. The van der Waals surface area contributed by atoms with Crippen molar-refractivity contribution in [3.8, 4) is 0 Å². The van der Waals surface area contributed by atoms with Gasteiger partial charge < -0.3 is 29.9 Å². The van der Waals surface area contributed by atoms with Gasteiger partial charge in [0.15, 0.2) is 6.10 Å². The Morgan fingerprint density at radius 3 is 1.85 bits per heavy atom. The molecule has 12 nitrogen and oxygen atoms in total. The summed E-state index contributed by atoms with van der Waals surface area (Å²) in [6.45, 7) is 2.69. The average Bonchev–Trinajstić information content (AvgIpc) is 3.90. The van der Waals surface area contributed by atoms with Crippen molar-refractivity contribution in [3.63, 3.8) is 0 Å². The Balaban J connectivity index is 2.34. The number of aliphatic carboxylic acids is 1. The summed E-state index contributed by atoms with van der Waals surface area (Å²) >= 11 is 0. The van der Waals surface area contributed by atoms with Gasteiger partial charge in [0, 0.05) is 12.8 Å². The van der Waals surface area contributed by atoms with E-state index in [9.17, 15) is 23.8 Å². The quantitative estimate of drug-likeness (QED) is 0.0178. The van der Waals surface area contributed by atoms with E-state index in [4.69, 9.17) is 29.6 Å². The van der Waals surface area contributed by atoms with Crippen LogP contribution in [-0.4, -0.2) is 72.1 Å². The molecule has 5 atom stereocenters. The van der Waals surface area contributed by atoms with Crippen LogP contribution >= 0.6 is 7.82 Å². The van der Waals surface area contributed by atoms with Gasteiger partial charge in [-0.2, -0.15) is 0 Å². The third-order valence-corrected chi connectivity index (χ3v) is 10.0. The molecule has 3 unspecified atom stereocenters. The van der Waals surface area contributed by atoms with Crippen molar-refractivity contribution in [3.05, 3.63) is 36.5 Å². The van der Waals surface area contributed by atoms with Crippen LogP contribution in [0.4, 0.5) is 0 Å². The molecule has 1 aliphatic rings. The predicted molar refractivity (Wildman–Crippen MR) is 212 cm³/mol. The third kappa shape index (κ3) is 29.9. The van der Waals surface area contributed by atoms with E-state index >= 15 is 0 Å². The summed E-state index contributed by atoms with van der Waals surface area (Å²) in [5.74, 6) is -2.46. The first-order valence-electron chi connectivity index (χ1n) is 20.6. The number of carboxylic acids is 1. The van der Waals surface area contributed by atoms with E-state index in [0.717, 1.165) is 38.5 Å². The molecule has 54 heavy (non-hydrogen) atoms. The number of hydrogen-bond donors (Lipinski definition) is 3. The second-order valence-corrected chi connectivity index (χ2v) is 15.6. The lowest BCUT2D eigenvalue weighted by Gasteiger charge is -2.20. The number of esters is 2. The van der Waals surface area contributed by atoms with E-state index in [0.29, 0.717) is 31.5 Å². The molecule has 0 bridgehead atoms. The first kappa shape index (κ1) is 49.7. The van der Waals surface area contributed by atoms with Gasteiger partial charge in [0.1, 0.15) is 12.6 Å². The molecule has 0 radical (unpaired) electrons. The molecule has 0 aromatic carbocycles. The van der Waals surface area contributed by atoms with Crippen LogP contribution in [0.25, 0.3) is 0 Å². The zero-order valence-electron chi connectivity index (χ0n) is 33.3. The van der Waals surface area contributed by atoms with Gasteiger partial charge in [-0.25, -0.2) is 4.57 Å². The van der Waals surface area contributed by atoms with E-state index in [1.165, 1.54) is 77.0 Å². The Kier molecular flexibility index (Phi) is 30.2. The van der Waals surface area contributed by atoms with Crippen molar-refractivity contribution in [2.24, 2.45) is 5.73 Å². The maximum Gasteiger partial charge on any atom is 0.472 e.